The van der Waals surface area contributed by atoms with E-state index in [4.69, 9.17) is 11.6 Å². The number of rotatable bonds is 4. The summed E-state index contributed by atoms with van der Waals surface area (Å²) in [5.74, 6) is 0.628. The predicted molar refractivity (Wildman–Crippen MR) is 107 cm³/mol. The van der Waals surface area contributed by atoms with E-state index in [1.54, 1.807) is 24.5 Å². The standard InChI is InChI=1S/C21H17ClN4O/c1-13-7-15-9-19(26-21(15)24-11-13)17-10-16(4-5-18(17)22)25-20(27)8-14-3-2-6-23-12-14/h2-7,10-12H,8-9H2,1H3,(H,25,27). The lowest BCUT2D eigenvalue weighted by Gasteiger charge is -2.09. The van der Waals surface area contributed by atoms with E-state index >= 15 is 0 Å². The summed E-state index contributed by atoms with van der Waals surface area (Å²) >= 11 is 6.39. The summed E-state index contributed by atoms with van der Waals surface area (Å²) in [5, 5.41) is 3.52. The van der Waals surface area contributed by atoms with Crippen LogP contribution in [0.2, 0.25) is 5.02 Å². The highest BCUT2D eigenvalue weighted by Gasteiger charge is 2.20. The molecule has 6 heteroatoms. The maximum Gasteiger partial charge on any atom is 0.228 e. The smallest absolute Gasteiger partial charge is 0.228 e. The van der Waals surface area contributed by atoms with Crippen LogP contribution < -0.4 is 5.32 Å². The van der Waals surface area contributed by atoms with Gasteiger partial charge in [-0.05, 0) is 42.3 Å². The number of nitrogens with zero attached hydrogens (tertiary/aromatic N) is 3. The van der Waals surface area contributed by atoms with Crippen molar-refractivity contribution in [1.29, 1.82) is 0 Å². The van der Waals surface area contributed by atoms with E-state index in [0.717, 1.165) is 33.8 Å². The first-order valence-electron chi connectivity index (χ1n) is 8.60. The lowest BCUT2D eigenvalue weighted by atomic mass is 10.0. The second kappa shape index (κ2) is 7.29. The van der Waals surface area contributed by atoms with Gasteiger partial charge in [0.2, 0.25) is 5.91 Å². The number of pyridine rings is 2. The van der Waals surface area contributed by atoms with Crippen LogP contribution in [0, 0.1) is 6.92 Å². The highest BCUT2D eigenvalue weighted by atomic mass is 35.5. The fraction of sp³-hybridized carbons (Fsp3) is 0.143. The Labute approximate surface area is 162 Å². The number of aryl methyl sites for hydroxylation is 1. The maximum atomic E-state index is 12.3. The van der Waals surface area contributed by atoms with Crippen LogP contribution in [0.25, 0.3) is 0 Å². The van der Waals surface area contributed by atoms with E-state index in [0.29, 0.717) is 17.1 Å². The van der Waals surface area contributed by atoms with Crippen LogP contribution in [0.1, 0.15) is 22.3 Å². The van der Waals surface area contributed by atoms with Crippen molar-refractivity contribution in [2.75, 3.05) is 5.32 Å². The molecule has 0 fully saturated rings. The van der Waals surface area contributed by atoms with Gasteiger partial charge in [-0.3, -0.25) is 9.78 Å². The maximum absolute atomic E-state index is 12.3. The zero-order valence-electron chi connectivity index (χ0n) is 14.7. The number of carbonyl (C=O) groups is 1. The number of aliphatic imine (C=N–C) groups is 1. The third kappa shape index (κ3) is 3.88. The molecule has 1 N–H and O–H groups in total. The highest BCUT2D eigenvalue weighted by molar-refractivity contribution is 6.34. The van der Waals surface area contributed by atoms with E-state index in [9.17, 15) is 4.79 Å². The number of halogens is 1. The summed E-state index contributed by atoms with van der Waals surface area (Å²) in [6.07, 6.45) is 6.12. The average molecular weight is 377 g/mol. The number of anilines is 1. The Morgan fingerprint density at radius 2 is 2.11 bits per heavy atom. The van der Waals surface area contributed by atoms with E-state index < -0.39 is 0 Å². The van der Waals surface area contributed by atoms with Crippen LogP contribution in [-0.2, 0) is 17.6 Å². The molecule has 3 heterocycles. The molecule has 27 heavy (non-hydrogen) atoms. The summed E-state index contributed by atoms with van der Waals surface area (Å²) in [5.41, 5.74) is 5.41. The number of nitrogens with one attached hydrogen (secondary N) is 1. The van der Waals surface area contributed by atoms with Gasteiger partial charge in [0, 0.05) is 46.8 Å². The molecule has 3 aromatic rings. The molecule has 2 aromatic heterocycles. The molecule has 0 aliphatic carbocycles. The Kier molecular flexibility index (Phi) is 4.69. The van der Waals surface area contributed by atoms with Crippen LogP contribution in [-0.4, -0.2) is 21.6 Å². The number of carbonyl (C=O) groups excluding carboxylic acids is 1. The van der Waals surface area contributed by atoms with Crippen molar-refractivity contribution in [3.63, 3.8) is 0 Å². The molecule has 5 nitrogen and oxygen atoms in total. The Hall–Kier alpha value is -3.05. The van der Waals surface area contributed by atoms with Crippen molar-refractivity contribution in [2.45, 2.75) is 19.8 Å². The first-order valence-corrected chi connectivity index (χ1v) is 8.98. The van der Waals surface area contributed by atoms with Crippen molar-refractivity contribution in [3.8, 4) is 0 Å². The topological polar surface area (TPSA) is 67.2 Å². The van der Waals surface area contributed by atoms with Crippen LogP contribution >= 0.6 is 11.6 Å². The van der Waals surface area contributed by atoms with Crippen molar-refractivity contribution in [3.05, 3.63) is 82.3 Å². The molecule has 0 saturated carbocycles. The van der Waals surface area contributed by atoms with Gasteiger partial charge < -0.3 is 5.32 Å². The van der Waals surface area contributed by atoms with Gasteiger partial charge in [0.25, 0.3) is 0 Å². The Morgan fingerprint density at radius 1 is 1.22 bits per heavy atom. The zero-order chi connectivity index (χ0) is 18.8. The second-order valence-electron chi connectivity index (χ2n) is 6.51. The lowest BCUT2D eigenvalue weighted by Crippen LogP contribution is -2.15. The van der Waals surface area contributed by atoms with Crippen molar-refractivity contribution in [1.82, 2.24) is 9.97 Å². The summed E-state index contributed by atoms with van der Waals surface area (Å²) in [7, 11) is 0. The Bertz CT molecular complexity index is 1050. The van der Waals surface area contributed by atoms with Crippen molar-refractivity contribution >= 4 is 34.7 Å². The monoisotopic (exact) mass is 376 g/mol. The van der Waals surface area contributed by atoms with Crippen molar-refractivity contribution in [2.24, 2.45) is 4.99 Å². The Morgan fingerprint density at radius 3 is 2.93 bits per heavy atom. The molecule has 0 saturated heterocycles. The van der Waals surface area contributed by atoms with Gasteiger partial charge in [0.05, 0.1) is 12.1 Å². The third-order valence-electron chi connectivity index (χ3n) is 4.33. The average Bonchev–Trinajstić information content (AvgIpc) is 3.07. The lowest BCUT2D eigenvalue weighted by molar-refractivity contribution is -0.115. The quantitative estimate of drug-likeness (QED) is 0.738. The molecule has 1 amide bonds. The highest BCUT2D eigenvalue weighted by Crippen LogP contribution is 2.31. The van der Waals surface area contributed by atoms with Gasteiger partial charge in [-0.2, -0.15) is 0 Å². The molecule has 1 aliphatic rings. The number of hydrogen-bond acceptors (Lipinski definition) is 4. The van der Waals surface area contributed by atoms with Gasteiger partial charge in [0.1, 0.15) is 0 Å². The van der Waals surface area contributed by atoms with Crippen LogP contribution in [0.5, 0.6) is 0 Å². The predicted octanol–water partition coefficient (Wildman–Crippen LogP) is 4.30. The minimum Gasteiger partial charge on any atom is -0.326 e. The normalized spacial score (nSPS) is 12.4. The first kappa shape index (κ1) is 17.4. The Balaban J connectivity index is 1.53. The van der Waals surface area contributed by atoms with Gasteiger partial charge >= 0.3 is 0 Å². The van der Waals surface area contributed by atoms with Gasteiger partial charge in [0.15, 0.2) is 5.82 Å². The van der Waals surface area contributed by atoms with Crippen LogP contribution in [0.4, 0.5) is 11.5 Å². The van der Waals surface area contributed by atoms with E-state index in [2.05, 4.69) is 26.3 Å². The fourth-order valence-corrected chi connectivity index (χ4v) is 3.30. The number of fused-ring (bicyclic) bond motifs is 1. The third-order valence-corrected chi connectivity index (χ3v) is 4.66. The number of aromatic nitrogens is 2. The number of amides is 1. The van der Waals surface area contributed by atoms with E-state index in [-0.39, 0.29) is 12.3 Å². The molecule has 4 rings (SSSR count). The number of benzene rings is 1. The summed E-state index contributed by atoms with van der Waals surface area (Å²) in [4.78, 5) is 25.3. The molecule has 134 valence electrons. The summed E-state index contributed by atoms with van der Waals surface area (Å²) in [6, 6.07) is 11.2. The van der Waals surface area contributed by atoms with Crippen molar-refractivity contribution < 1.29 is 4.79 Å². The molecule has 0 atom stereocenters. The zero-order valence-corrected chi connectivity index (χ0v) is 15.5. The molecule has 0 radical (unpaired) electrons. The molecular formula is C21H17ClN4O. The molecular weight excluding hydrogens is 360 g/mol. The van der Waals surface area contributed by atoms with Crippen LogP contribution in [0.3, 0.4) is 0 Å². The minimum absolute atomic E-state index is 0.106. The largest absolute Gasteiger partial charge is 0.326 e. The van der Waals surface area contributed by atoms with E-state index in [1.165, 1.54) is 0 Å². The summed E-state index contributed by atoms with van der Waals surface area (Å²) < 4.78 is 0. The molecule has 0 spiro atoms. The van der Waals surface area contributed by atoms with Gasteiger partial charge in [-0.15, -0.1) is 0 Å². The minimum atomic E-state index is -0.106. The van der Waals surface area contributed by atoms with Gasteiger partial charge in [-0.25, -0.2) is 9.98 Å². The summed E-state index contributed by atoms with van der Waals surface area (Å²) in [6.45, 7) is 2.01. The fourth-order valence-electron chi connectivity index (χ4n) is 3.07. The first-order chi connectivity index (χ1) is 13.1. The van der Waals surface area contributed by atoms with Gasteiger partial charge in [-0.1, -0.05) is 23.7 Å². The molecule has 0 bridgehead atoms. The molecule has 0 unspecified atom stereocenters. The second-order valence-corrected chi connectivity index (χ2v) is 6.92. The molecule has 1 aromatic carbocycles. The molecule has 1 aliphatic heterocycles. The van der Waals surface area contributed by atoms with Crippen LogP contribution in [0.15, 0.2) is 60.0 Å². The SMILES string of the molecule is Cc1cnc2c(c1)CC(c1cc(NC(=O)Cc3cccnc3)ccc1Cl)=N2. The van der Waals surface area contributed by atoms with E-state index in [1.807, 2.05) is 31.3 Å². The number of hydrogen-bond donors (Lipinski definition) is 1.